The second-order valence-electron chi connectivity index (χ2n) is 6.85. The van der Waals surface area contributed by atoms with E-state index in [4.69, 9.17) is 21.0 Å². The summed E-state index contributed by atoms with van der Waals surface area (Å²) in [6, 6.07) is 7.53. The van der Waals surface area contributed by atoms with Crippen LogP contribution in [0.3, 0.4) is 0 Å². The van der Waals surface area contributed by atoms with Crippen LogP contribution in [0, 0.1) is 23.3 Å². The van der Waals surface area contributed by atoms with E-state index in [1.54, 1.807) is 0 Å². The van der Waals surface area contributed by atoms with Crippen LogP contribution >= 0.6 is 0 Å². The molecule has 0 radical (unpaired) electrons. The number of halogens is 4. The Kier molecular flexibility index (Phi) is 7.33. The average Bonchev–Trinajstić information content (AvgIpc) is 3.51. The molecule has 4 rings (SSSR count). The molecule has 2 aromatic heterocycles. The molecule has 10 nitrogen and oxygen atoms in total. The topological polar surface area (TPSA) is 185 Å². The number of rotatable bonds is 5. The van der Waals surface area contributed by atoms with Crippen LogP contribution in [0.1, 0.15) is 0 Å². The molecule has 0 saturated heterocycles. The van der Waals surface area contributed by atoms with E-state index < -0.39 is 65.5 Å². The Morgan fingerprint density at radius 2 is 1.33 bits per heavy atom. The molecular weight excluding hydrogens is 532 g/mol. The summed E-state index contributed by atoms with van der Waals surface area (Å²) < 4.78 is 110. The van der Waals surface area contributed by atoms with Gasteiger partial charge >= 0.3 is 0 Å². The standard InChI is InChI=1S/2C10H8F2N2O3S/c11-6-3-4-7(9(12)10(6)13)14-18(15,16)8-2-1-5-17-8;11-7-2-1-5(8(12)9(7)13)6-3-4-17-10(6)18(14,15)16/h1-5,14H,13H2;1-4H,13H2,(H2,14,15,16). The highest BCUT2D eigenvalue weighted by Crippen LogP contribution is 2.33. The summed E-state index contributed by atoms with van der Waals surface area (Å²) in [4.78, 5) is 0. The van der Waals surface area contributed by atoms with Crippen LogP contribution < -0.4 is 21.3 Å². The van der Waals surface area contributed by atoms with E-state index >= 15 is 0 Å². The summed E-state index contributed by atoms with van der Waals surface area (Å²) in [5, 5.41) is 3.92. The molecule has 16 heteroatoms. The van der Waals surface area contributed by atoms with Crippen molar-refractivity contribution < 1.29 is 43.2 Å². The smallest absolute Gasteiger partial charge is 0.295 e. The largest absolute Gasteiger partial charge is 0.451 e. The molecule has 0 saturated carbocycles. The van der Waals surface area contributed by atoms with Crippen molar-refractivity contribution in [1.29, 1.82) is 0 Å². The molecule has 4 aromatic rings. The number of sulfonamides is 2. The van der Waals surface area contributed by atoms with Crippen LogP contribution in [0.4, 0.5) is 34.6 Å². The Bertz CT molecular complexity index is 1620. The molecule has 0 spiro atoms. The van der Waals surface area contributed by atoms with Gasteiger partial charge in [0.05, 0.1) is 18.2 Å². The highest BCUT2D eigenvalue weighted by Gasteiger charge is 2.23. The quantitative estimate of drug-likeness (QED) is 0.216. The molecule has 0 aliphatic rings. The van der Waals surface area contributed by atoms with E-state index in [1.165, 1.54) is 18.2 Å². The lowest BCUT2D eigenvalue weighted by Gasteiger charge is -2.08. The van der Waals surface area contributed by atoms with Crippen molar-refractivity contribution >= 4 is 37.1 Å². The summed E-state index contributed by atoms with van der Waals surface area (Å²) in [7, 11) is -8.20. The molecule has 0 aliphatic heterocycles. The average molecular weight is 548 g/mol. The Labute approximate surface area is 201 Å². The van der Waals surface area contributed by atoms with Gasteiger partial charge in [-0.15, -0.1) is 0 Å². The first-order valence-corrected chi connectivity index (χ1v) is 12.4. The molecular formula is C20H16F4N4O6S2. The van der Waals surface area contributed by atoms with E-state index in [-0.39, 0.29) is 16.2 Å². The molecule has 0 bridgehead atoms. The fraction of sp³-hybridized carbons (Fsp3) is 0. The third-order valence-corrected chi connectivity index (χ3v) is 6.52. The van der Waals surface area contributed by atoms with Gasteiger partial charge in [0.1, 0.15) is 23.0 Å². The molecule has 0 amide bonds. The highest BCUT2D eigenvalue weighted by atomic mass is 32.2. The SMILES string of the molecule is Nc1c(F)ccc(-c2ccoc2S(N)(=O)=O)c1F.Nc1c(F)ccc(NS(=O)(=O)c2ccco2)c1F. The molecule has 0 atom stereocenters. The number of furan rings is 2. The third-order valence-electron chi connectivity index (χ3n) is 4.44. The van der Waals surface area contributed by atoms with Gasteiger partial charge in [0.25, 0.3) is 20.0 Å². The van der Waals surface area contributed by atoms with Crippen LogP contribution in [-0.4, -0.2) is 16.8 Å². The Balaban J connectivity index is 0.000000201. The number of nitrogens with two attached hydrogens (primary N) is 3. The van der Waals surface area contributed by atoms with Gasteiger partial charge in [0, 0.05) is 11.1 Å². The van der Waals surface area contributed by atoms with Crippen LogP contribution in [0.2, 0.25) is 0 Å². The molecule has 0 aliphatic carbocycles. The van der Waals surface area contributed by atoms with Crippen molar-refractivity contribution in [1.82, 2.24) is 0 Å². The monoisotopic (exact) mass is 548 g/mol. The van der Waals surface area contributed by atoms with E-state index in [9.17, 15) is 34.4 Å². The number of benzene rings is 2. The van der Waals surface area contributed by atoms with E-state index in [0.717, 1.165) is 36.8 Å². The summed E-state index contributed by atoms with van der Waals surface area (Å²) >= 11 is 0. The first kappa shape index (κ1) is 26.6. The summed E-state index contributed by atoms with van der Waals surface area (Å²) in [6.45, 7) is 0. The van der Waals surface area contributed by atoms with Crippen LogP contribution in [0.5, 0.6) is 0 Å². The number of nitrogen functional groups attached to an aromatic ring is 2. The van der Waals surface area contributed by atoms with E-state index in [0.29, 0.717) is 0 Å². The van der Waals surface area contributed by atoms with Gasteiger partial charge in [-0.25, -0.2) is 31.1 Å². The zero-order valence-electron chi connectivity index (χ0n) is 17.7. The van der Waals surface area contributed by atoms with Crippen LogP contribution in [-0.2, 0) is 20.0 Å². The van der Waals surface area contributed by atoms with Gasteiger partial charge in [0.15, 0.2) is 11.6 Å². The maximum atomic E-state index is 13.8. The minimum absolute atomic E-state index is 0.110. The Morgan fingerprint density at radius 1 is 0.722 bits per heavy atom. The molecule has 192 valence electrons. The van der Waals surface area contributed by atoms with Crippen LogP contribution in [0.15, 0.2) is 74.0 Å². The number of hydrogen-bond acceptors (Lipinski definition) is 8. The first-order valence-electron chi connectivity index (χ1n) is 9.38. The predicted molar refractivity (Wildman–Crippen MR) is 120 cm³/mol. The lowest BCUT2D eigenvalue weighted by molar-refractivity contribution is 0.451. The normalized spacial score (nSPS) is 11.6. The van der Waals surface area contributed by atoms with Crippen molar-refractivity contribution in [2.45, 2.75) is 10.2 Å². The summed E-state index contributed by atoms with van der Waals surface area (Å²) in [5.41, 5.74) is 8.08. The van der Waals surface area contributed by atoms with Crippen molar-refractivity contribution in [3.05, 3.63) is 78.3 Å². The lowest BCUT2D eigenvalue weighted by atomic mass is 10.1. The van der Waals surface area contributed by atoms with Crippen LogP contribution in [0.25, 0.3) is 11.1 Å². The minimum Gasteiger partial charge on any atom is -0.451 e. The lowest BCUT2D eigenvalue weighted by Crippen LogP contribution is -2.14. The molecule has 7 N–H and O–H groups in total. The van der Waals surface area contributed by atoms with Gasteiger partial charge in [-0.1, -0.05) is 0 Å². The van der Waals surface area contributed by atoms with Crippen molar-refractivity contribution in [3.63, 3.8) is 0 Å². The highest BCUT2D eigenvalue weighted by molar-refractivity contribution is 7.92. The fourth-order valence-corrected chi connectivity index (χ4v) is 4.41. The number of anilines is 3. The number of hydrogen-bond donors (Lipinski definition) is 4. The minimum atomic E-state index is -4.15. The molecule has 0 fully saturated rings. The maximum Gasteiger partial charge on any atom is 0.295 e. The molecule has 2 heterocycles. The second kappa shape index (κ2) is 9.92. The van der Waals surface area contributed by atoms with Gasteiger partial charge in [-0.2, -0.15) is 8.42 Å². The van der Waals surface area contributed by atoms with Gasteiger partial charge in [0.2, 0.25) is 10.2 Å². The second-order valence-corrected chi connectivity index (χ2v) is 9.92. The summed E-state index contributed by atoms with van der Waals surface area (Å²) in [6.07, 6.45) is 2.19. The summed E-state index contributed by atoms with van der Waals surface area (Å²) in [5.74, 6) is -4.14. The van der Waals surface area contributed by atoms with Crippen molar-refractivity contribution in [2.75, 3.05) is 16.2 Å². The Morgan fingerprint density at radius 3 is 1.92 bits per heavy atom. The van der Waals surface area contributed by atoms with Crippen molar-refractivity contribution in [3.8, 4) is 11.1 Å². The maximum absolute atomic E-state index is 13.8. The van der Waals surface area contributed by atoms with E-state index in [2.05, 4.69) is 4.42 Å². The zero-order chi connectivity index (χ0) is 26.8. The van der Waals surface area contributed by atoms with Gasteiger partial charge < -0.3 is 20.3 Å². The number of nitrogens with one attached hydrogen (secondary N) is 1. The van der Waals surface area contributed by atoms with Gasteiger partial charge in [-0.3, -0.25) is 4.72 Å². The van der Waals surface area contributed by atoms with E-state index in [1.807, 2.05) is 4.72 Å². The molecule has 0 unspecified atom stereocenters. The molecule has 2 aromatic carbocycles. The predicted octanol–water partition coefficient (Wildman–Crippen LogP) is 3.40. The third kappa shape index (κ3) is 5.45. The first-order chi connectivity index (χ1) is 16.7. The van der Waals surface area contributed by atoms with Crippen molar-refractivity contribution in [2.24, 2.45) is 5.14 Å². The fourth-order valence-electron chi connectivity index (χ4n) is 2.75. The zero-order valence-corrected chi connectivity index (χ0v) is 19.3. The van der Waals surface area contributed by atoms with Gasteiger partial charge in [-0.05, 0) is 42.5 Å². The Hall–Kier alpha value is -4.02. The molecule has 36 heavy (non-hydrogen) atoms. The number of primary sulfonamides is 1.